The number of ether oxygens (including phenoxy) is 1. The fraction of sp³-hybridized carbons (Fsp3) is 0.182. The van der Waals surface area contributed by atoms with Crippen LogP contribution in [0.2, 0.25) is 0 Å². The van der Waals surface area contributed by atoms with Gasteiger partial charge in [-0.25, -0.2) is 4.98 Å². The number of carbonyl (C=O) groups excluding carboxylic acids is 1. The molecule has 0 saturated heterocycles. The summed E-state index contributed by atoms with van der Waals surface area (Å²) in [4.78, 5) is 18.0. The Morgan fingerprint density at radius 3 is 2.71 bits per heavy atom. The Morgan fingerprint density at radius 1 is 1.18 bits per heavy atom. The SMILES string of the molecule is COc1ccc(-c2cn3c(CC(=O)NCc4ccccc4C)csc3n2)cc1. The lowest BCUT2D eigenvalue weighted by Crippen LogP contribution is -2.25. The third kappa shape index (κ3) is 3.77. The van der Waals surface area contributed by atoms with Crippen molar-refractivity contribution < 1.29 is 9.53 Å². The maximum Gasteiger partial charge on any atom is 0.226 e. The normalized spacial score (nSPS) is 10.9. The molecular weight excluding hydrogens is 370 g/mol. The number of methoxy groups -OCH3 is 1. The molecule has 1 amide bonds. The lowest BCUT2D eigenvalue weighted by atomic mass is 10.1. The second-order valence-electron chi connectivity index (χ2n) is 6.61. The number of thiazole rings is 1. The topological polar surface area (TPSA) is 55.6 Å². The number of benzene rings is 2. The predicted octanol–water partition coefficient (Wildman–Crippen LogP) is 4.24. The van der Waals surface area contributed by atoms with Crippen molar-refractivity contribution in [3.8, 4) is 17.0 Å². The molecule has 6 heteroatoms. The van der Waals surface area contributed by atoms with E-state index >= 15 is 0 Å². The summed E-state index contributed by atoms with van der Waals surface area (Å²) in [6.45, 7) is 2.59. The number of nitrogens with zero attached hydrogens (tertiary/aromatic N) is 2. The zero-order valence-corrected chi connectivity index (χ0v) is 16.6. The van der Waals surface area contributed by atoms with E-state index in [-0.39, 0.29) is 5.91 Å². The summed E-state index contributed by atoms with van der Waals surface area (Å²) in [7, 11) is 1.65. The van der Waals surface area contributed by atoms with Gasteiger partial charge in [-0.15, -0.1) is 11.3 Å². The minimum absolute atomic E-state index is 0.00245. The summed E-state index contributed by atoms with van der Waals surface area (Å²) in [5.41, 5.74) is 5.16. The van der Waals surface area contributed by atoms with E-state index in [1.54, 1.807) is 18.4 Å². The molecule has 0 aliphatic rings. The van der Waals surface area contributed by atoms with Crippen molar-refractivity contribution in [2.75, 3.05) is 7.11 Å². The highest BCUT2D eigenvalue weighted by Crippen LogP contribution is 2.25. The zero-order chi connectivity index (χ0) is 19.5. The monoisotopic (exact) mass is 391 g/mol. The smallest absolute Gasteiger partial charge is 0.226 e. The average Bonchev–Trinajstić information content (AvgIpc) is 3.29. The Bertz CT molecular complexity index is 1110. The van der Waals surface area contributed by atoms with Gasteiger partial charge in [0.25, 0.3) is 0 Å². The zero-order valence-electron chi connectivity index (χ0n) is 15.8. The van der Waals surface area contributed by atoms with Gasteiger partial charge in [0, 0.05) is 29.4 Å². The fourth-order valence-electron chi connectivity index (χ4n) is 3.09. The Morgan fingerprint density at radius 2 is 1.96 bits per heavy atom. The Kier molecular flexibility index (Phi) is 5.12. The molecule has 4 aromatic rings. The molecule has 2 aromatic heterocycles. The quantitative estimate of drug-likeness (QED) is 0.535. The van der Waals surface area contributed by atoms with E-state index in [4.69, 9.17) is 4.74 Å². The summed E-state index contributed by atoms with van der Waals surface area (Å²) >= 11 is 1.54. The van der Waals surface area contributed by atoms with E-state index in [2.05, 4.69) is 23.3 Å². The van der Waals surface area contributed by atoms with Gasteiger partial charge in [0.05, 0.1) is 19.2 Å². The van der Waals surface area contributed by atoms with Crippen LogP contribution in [0.5, 0.6) is 5.75 Å². The summed E-state index contributed by atoms with van der Waals surface area (Å²) < 4.78 is 7.20. The minimum atomic E-state index is 0.00245. The molecule has 142 valence electrons. The number of fused-ring (bicyclic) bond motifs is 1. The summed E-state index contributed by atoms with van der Waals surface area (Å²) in [5, 5.41) is 5.01. The number of amides is 1. The number of hydrogen-bond donors (Lipinski definition) is 1. The molecular formula is C22H21N3O2S. The largest absolute Gasteiger partial charge is 0.497 e. The first-order chi connectivity index (χ1) is 13.6. The van der Waals surface area contributed by atoms with Crippen LogP contribution in [0.25, 0.3) is 16.2 Å². The van der Waals surface area contributed by atoms with Crippen LogP contribution in [0.3, 0.4) is 0 Å². The number of rotatable bonds is 6. The van der Waals surface area contributed by atoms with E-state index in [0.717, 1.165) is 33.2 Å². The van der Waals surface area contributed by atoms with Crippen LogP contribution in [-0.4, -0.2) is 22.4 Å². The lowest BCUT2D eigenvalue weighted by Gasteiger charge is -2.07. The first kappa shape index (κ1) is 18.3. The van der Waals surface area contributed by atoms with Crippen LogP contribution in [0, 0.1) is 6.92 Å². The molecule has 2 aromatic carbocycles. The third-order valence-corrected chi connectivity index (χ3v) is 5.64. The van der Waals surface area contributed by atoms with Crippen molar-refractivity contribution in [1.82, 2.24) is 14.7 Å². The van der Waals surface area contributed by atoms with Gasteiger partial charge in [0.1, 0.15) is 5.75 Å². The Balaban J connectivity index is 1.47. The highest BCUT2D eigenvalue weighted by Gasteiger charge is 2.13. The van der Waals surface area contributed by atoms with Crippen molar-refractivity contribution in [3.05, 3.63) is 76.9 Å². The predicted molar refractivity (Wildman–Crippen MR) is 112 cm³/mol. The molecule has 2 heterocycles. The fourth-order valence-corrected chi connectivity index (χ4v) is 3.96. The van der Waals surface area contributed by atoms with Gasteiger partial charge in [-0.2, -0.15) is 0 Å². The van der Waals surface area contributed by atoms with E-state index in [9.17, 15) is 4.79 Å². The first-order valence-electron chi connectivity index (χ1n) is 9.05. The minimum Gasteiger partial charge on any atom is -0.497 e. The number of carbonyl (C=O) groups is 1. The van der Waals surface area contributed by atoms with Gasteiger partial charge in [0.2, 0.25) is 5.91 Å². The molecule has 1 N–H and O–H groups in total. The molecule has 4 rings (SSSR count). The first-order valence-corrected chi connectivity index (χ1v) is 9.93. The molecule has 28 heavy (non-hydrogen) atoms. The summed E-state index contributed by atoms with van der Waals surface area (Å²) in [6.07, 6.45) is 2.31. The van der Waals surface area contributed by atoms with Crippen molar-refractivity contribution in [2.45, 2.75) is 19.9 Å². The Hall–Kier alpha value is -3.12. The lowest BCUT2D eigenvalue weighted by molar-refractivity contribution is -0.120. The van der Waals surface area contributed by atoms with Crippen LogP contribution in [0.4, 0.5) is 0 Å². The molecule has 0 spiro atoms. The Labute approximate surface area is 167 Å². The number of hydrogen-bond acceptors (Lipinski definition) is 4. The molecule has 5 nitrogen and oxygen atoms in total. The number of nitrogens with one attached hydrogen (secondary N) is 1. The summed E-state index contributed by atoms with van der Waals surface area (Å²) in [5.74, 6) is 0.818. The van der Waals surface area contributed by atoms with Crippen molar-refractivity contribution in [2.24, 2.45) is 0 Å². The van der Waals surface area contributed by atoms with E-state index in [1.807, 2.05) is 58.4 Å². The molecule has 0 fully saturated rings. The van der Waals surface area contributed by atoms with Gasteiger partial charge in [0.15, 0.2) is 4.96 Å². The van der Waals surface area contributed by atoms with E-state index in [1.165, 1.54) is 5.56 Å². The molecule has 0 aliphatic carbocycles. The molecule has 0 aliphatic heterocycles. The summed E-state index contributed by atoms with van der Waals surface area (Å²) in [6, 6.07) is 15.9. The van der Waals surface area contributed by atoms with Gasteiger partial charge < -0.3 is 10.1 Å². The highest BCUT2D eigenvalue weighted by molar-refractivity contribution is 7.15. The van der Waals surface area contributed by atoms with Gasteiger partial charge in [-0.3, -0.25) is 9.20 Å². The third-order valence-electron chi connectivity index (χ3n) is 4.75. The van der Waals surface area contributed by atoms with Gasteiger partial charge >= 0.3 is 0 Å². The van der Waals surface area contributed by atoms with Crippen LogP contribution in [-0.2, 0) is 17.8 Å². The molecule has 0 unspecified atom stereocenters. The van der Waals surface area contributed by atoms with Crippen LogP contribution < -0.4 is 10.1 Å². The number of imidazole rings is 1. The highest BCUT2D eigenvalue weighted by atomic mass is 32.1. The average molecular weight is 391 g/mol. The molecule has 0 radical (unpaired) electrons. The maximum absolute atomic E-state index is 12.4. The van der Waals surface area contributed by atoms with Crippen molar-refractivity contribution >= 4 is 22.2 Å². The van der Waals surface area contributed by atoms with Crippen LogP contribution in [0.15, 0.2) is 60.1 Å². The number of aromatic nitrogens is 2. The maximum atomic E-state index is 12.4. The standard InChI is InChI=1S/C22H21N3O2S/c1-15-5-3-4-6-17(15)12-23-21(26)11-18-14-28-22-24-20(13-25(18)22)16-7-9-19(27-2)10-8-16/h3-10,13-14H,11-12H2,1-2H3,(H,23,26). The molecule has 0 bridgehead atoms. The molecule has 0 saturated carbocycles. The van der Waals surface area contributed by atoms with Gasteiger partial charge in [-0.05, 0) is 42.3 Å². The van der Waals surface area contributed by atoms with Gasteiger partial charge in [-0.1, -0.05) is 24.3 Å². The van der Waals surface area contributed by atoms with Crippen LogP contribution >= 0.6 is 11.3 Å². The second kappa shape index (κ2) is 7.86. The van der Waals surface area contributed by atoms with Crippen molar-refractivity contribution in [1.29, 1.82) is 0 Å². The van der Waals surface area contributed by atoms with Crippen molar-refractivity contribution in [3.63, 3.8) is 0 Å². The van der Waals surface area contributed by atoms with E-state index < -0.39 is 0 Å². The van der Waals surface area contributed by atoms with Crippen LogP contribution in [0.1, 0.15) is 16.8 Å². The molecule has 0 atom stereocenters. The second-order valence-corrected chi connectivity index (χ2v) is 7.45. The number of aryl methyl sites for hydroxylation is 1. The van der Waals surface area contributed by atoms with E-state index in [0.29, 0.717) is 13.0 Å².